The number of likely N-dealkylation sites (tertiary alicyclic amines) is 1. The molecule has 0 amide bonds. The van der Waals surface area contributed by atoms with Gasteiger partial charge in [0.2, 0.25) is 0 Å². The molecule has 1 unspecified atom stereocenters. The monoisotopic (exact) mass is 240 g/mol. The first-order valence-electron chi connectivity index (χ1n) is 5.49. The maximum atomic E-state index is 12.5. The second kappa shape index (κ2) is 5.84. The Morgan fingerprint density at radius 2 is 1.94 bits per heavy atom. The molecular weight excluding hydrogens is 221 g/mol. The minimum absolute atomic E-state index is 0.0104. The summed E-state index contributed by atoms with van der Waals surface area (Å²) in [6, 6.07) is 0. The van der Waals surface area contributed by atoms with E-state index in [2.05, 4.69) is 0 Å². The molecule has 1 aliphatic rings. The van der Waals surface area contributed by atoms with Crippen molar-refractivity contribution >= 4 is 0 Å². The Morgan fingerprint density at radius 1 is 1.38 bits per heavy atom. The van der Waals surface area contributed by atoms with Gasteiger partial charge < -0.3 is 15.4 Å². The van der Waals surface area contributed by atoms with Crippen LogP contribution in [0.15, 0.2) is 0 Å². The normalized spacial score (nSPS) is 22.3. The van der Waals surface area contributed by atoms with Gasteiger partial charge in [0.1, 0.15) is 0 Å². The van der Waals surface area contributed by atoms with Crippen LogP contribution in [0.5, 0.6) is 0 Å². The van der Waals surface area contributed by atoms with Gasteiger partial charge in [-0.1, -0.05) is 0 Å². The second-order valence-electron chi connectivity index (χ2n) is 4.21. The highest BCUT2D eigenvalue weighted by Crippen LogP contribution is 2.27. The van der Waals surface area contributed by atoms with E-state index in [0.29, 0.717) is 13.1 Å². The molecule has 6 heteroatoms. The summed E-state index contributed by atoms with van der Waals surface area (Å²) in [6.45, 7) is 0.986. The molecule has 16 heavy (non-hydrogen) atoms. The van der Waals surface area contributed by atoms with Crippen LogP contribution >= 0.6 is 0 Å². The van der Waals surface area contributed by atoms with E-state index < -0.39 is 12.1 Å². The molecule has 0 aromatic rings. The number of nitrogens with two attached hydrogens (primary N) is 1. The van der Waals surface area contributed by atoms with Crippen LogP contribution < -0.4 is 5.73 Å². The smallest absolute Gasteiger partial charge is 0.381 e. The van der Waals surface area contributed by atoms with Gasteiger partial charge in [-0.05, 0) is 12.8 Å². The summed E-state index contributed by atoms with van der Waals surface area (Å²) in [4.78, 5) is 1.82. The number of alkyl halides is 3. The lowest BCUT2D eigenvalue weighted by Crippen LogP contribution is -2.45. The van der Waals surface area contributed by atoms with Gasteiger partial charge in [-0.15, -0.1) is 0 Å². The number of halogens is 3. The van der Waals surface area contributed by atoms with Crippen molar-refractivity contribution in [2.75, 3.05) is 33.3 Å². The summed E-state index contributed by atoms with van der Waals surface area (Å²) in [5.74, 6) is -1.41. The number of hydrogen-bond donors (Lipinski definition) is 1. The molecule has 0 bridgehead atoms. The minimum atomic E-state index is -4.19. The maximum Gasteiger partial charge on any atom is 0.394 e. The highest BCUT2D eigenvalue weighted by Gasteiger charge is 2.39. The van der Waals surface area contributed by atoms with Gasteiger partial charge in [0, 0.05) is 33.3 Å². The van der Waals surface area contributed by atoms with Crippen LogP contribution in [0.4, 0.5) is 13.2 Å². The largest absolute Gasteiger partial charge is 0.394 e. The number of nitrogens with zero attached hydrogens (tertiary/aromatic N) is 1. The zero-order chi connectivity index (χ0) is 12.2. The number of hydrogen-bond acceptors (Lipinski definition) is 3. The number of ether oxygens (including phenoxy) is 1. The Balaban J connectivity index is 2.37. The Kier molecular flexibility index (Phi) is 5.01. The van der Waals surface area contributed by atoms with E-state index in [1.165, 1.54) is 0 Å². The van der Waals surface area contributed by atoms with Gasteiger partial charge in [-0.3, -0.25) is 0 Å². The third-order valence-corrected chi connectivity index (χ3v) is 3.09. The number of rotatable bonds is 4. The van der Waals surface area contributed by atoms with E-state index in [4.69, 9.17) is 10.5 Å². The molecule has 1 atom stereocenters. The van der Waals surface area contributed by atoms with E-state index in [0.717, 1.165) is 12.8 Å². The summed E-state index contributed by atoms with van der Waals surface area (Å²) in [5.41, 5.74) is 5.16. The van der Waals surface area contributed by atoms with Crippen LogP contribution in [0, 0.1) is 5.92 Å². The van der Waals surface area contributed by atoms with Crippen LogP contribution in [0.25, 0.3) is 0 Å². The fourth-order valence-electron chi connectivity index (χ4n) is 1.95. The standard InChI is InChI=1S/C10H19F3N2O/c1-16-9-2-4-15(5-3-9)7-8(6-14)10(11,12)13/h8-9H,2-7,14H2,1H3. The van der Waals surface area contributed by atoms with Gasteiger partial charge in [0.05, 0.1) is 12.0 Å². The molecule has 2 N–H and O–H groups in total. The van der Waals surface area contributed by atoms with Crippen LogP contribution in [0.3, 0.4) is 0 Å². The summed E-state index contributed by atoms with van der Waals surface area (Å²) in [6.07, 6.45) is -2.40. The first-order chi connectivity index (χ1) is 7.47. The minimum Gasteiger partial charge on any atom is -0.381 e. The third kappa shape index (κ3) is 3.92. The van der Waals surface area contributed by atoms with Crippen molar-refractivity contribution < 1.29 is 17.9 Å². The highest BCUT2D eigenvalue weighted by molar-refractivity contribution is 4.78. The molecule has 0 aromatic carbocycles. The van der Waals surface area contributed by atoms with E-state index in [9.17, 15) is 13.2 Å². The van der Waals surface area contributed by atoms with Gasteiger partial charge in [-0.25, -0.2) is 0 Å². The fourth-order valence-corrected chi connectivity index (χ4v) is 1.95. The Labute approximate surface area is 93.7 Å². The Hall–Kier alpha value is -0.330. The predicted molar refractivity (Wildman–Crippen MR) is 55.1 cm³/mol. The van der Waals surface area contributed by atoms with Crippen molar-refractivity contribution in [3.63, 3.8) is 0 Å². The Bertz CT molecular complexity index is 203. The van der Waals surface area contributed by atoms with E-state index >= 15 is 0 Å². The van der Waals surface area contributed by atoms with Gasteiger partial charge in [0.15, 0.2) is 0 Å². The number of piperidine rings is 1. The van der Waals surface area contributed by atoms with Crippen molar-refractivity contribution in [1.29, 1.82) is 0 Å². The molecule has 1 heterocycles. The predicted octanol–water partition coefficient (Wildman–Crippen LogP) is 1.23. The van der Waals surface area contributed by atoms with Crippen molar-refractivity contribution in [2.45, 2.75) is 25.1 Å². The van der Waals surface area contributed by atoms with E-state index in [1.54, 1.807) is 7.11 Å². The molecular formula is C10H19F3N2O. The lowest BCUT2D eigenvalue weighted by atomic mass is 10.0. The summed E-state index contributed by atoms with van der Waals surface area (Å²) in [7, 11) is 1.64. The highest BCUT2D eigenvalue weighted by atomic mass is 19.4. The first kappa shape index (κ1) is 13.7. The van der Waals surface area contributed by atoms with Crippen LogP contribution in [0.2, 0.25) is 0 Å². The first-order valence-corrected chi connectivity index (χ1v) is 5.49. The average Bonchev–Trinajstić information content (AvgIpc) is 2.25. The summed E-state index contributed by atoms with van der Waals surface area (Å²) in [5, 5.41) is 0. The summed E-state index contributed by atoms with van der Waals surface area (Å²) >= 11 is 0. The van der Waals surface area contributed by atoms with Crippen molar-refractivity contribution in [3.8, 4) is 0 Å². The van der Waals surface area contributed by atoms with Crippen LogP contribution in [0.1, 0.15) is 12.8 Å². The quantitative estimate of drug-likeness (QED) is 0.803. The summed E-state index contributed by atoms with van der Waals surface area (Å²) < 4.78 is 42.6. The molecule has 1 saturated heterocycles. The van der Waals surface area contributed by atoms with Gasteiger partial charge >= 0.3 is 6.18 Å². The SMILES string of the molecule is COC1CCN(CC(CN)C(F)(F)F)CC1. The van der Waals surface area contributed by atoms with Crippen molar-refractivity contribution in [3.05, 3.63) is 0 Å². The van der Waals surface area contributed by atoms with Crippen LogP contribution in [-0.2, 0) is 4.74 Å². The van der Waals surface area contributed by atoms with E-state index in [1.807, 2.05) is 4.90 Å². The molecule has 0 aromatic heterocycles. The second-order valence-corrected chi connectivity index (χ2v) is 4.21. The zero-order valence-electron chi connectivity index (χ0n) is 9.46. The molecule has 0 radical (unpaired) electrons. The Morgan fingerprint density at radius 3 is 2.31 bits per heavy atom. The third-order valence-electron chi connectivity index (χ3n) is 3.09. The molecule has 0 saturated carbocycles. The van der Waals surface area contributed by atoms with Gasteiger partial charge in [-0.2, -0.15) is 13.2 Å². The average molecular weight is 240 g/mol. The molecule has 0 aliphatic carbocycles. The fraction of sp³-hybridized carbons (Fsp3) is 1.00. The van der Waals surface area contributed by atoms with E-state index in [-0.39, 0.29) is 19.2 Å². The zero-order valence-corrected chi connectivity index (χ0v) is 9.46. The van der Waals surface area contributed by atoms with Crippen LogP contribution in [-0.4, -0.2) is 50.5 Å². The maximum absolute atomic E-state index is 12.5. The molecule has 1 rings (SSSR count). The molecule has 96 valence electrons. The number of methoxy groups -OCH3 is 1. The molecule has 0 spiro atoms. The molecule has 1 fully saturated rings. The van der Waals surface area contributed by atoms with Crippen molar-refractivity contribution in [1.82, 2.24) is 4.90 Å². The lowest BCUT2D eigenvalue weighted by molar-refractivity contribution is -0.177. The van der Waals surface area contributed by atoms with Gasteiger partial charge in [0.25, 0.3) is 0 Å². The topological polar surface area (TPSA) is 38.5 Å². The lowest BCUT2D eigenvalue weighted by Gasteiger charge is -2.33. The molecule has 1 aliphatic heterocycles. The van der Waals surface area contributed by atoms with Crippen molar-refractivity contribution in [2.24, 2.45) is 11.7 Å². The molecule has 3 nitrogen and oxygen atoms in total.